The summed E-state index contributed by atoms with van der Waals surface area (Å²) in [5.74, 6) is -0.590. The third-order valence-corrected chi connectivity index (χ3v) is 5.84. The molecule has 0 spiro atoms. The first-order valence-corrected chi connectivity index (χ1v) is 7.93. The van der Waals surface area contributed by atoms with E-state index in [1.54, 1.807) is 6.92 Å². The molecule has 0 radical (unpaired) electrons. The highest BCUT2D eigenvalue weighted by Crippen LogP contribution is 2.26. The second-order valence-corrected chi connectivity index (χ2v) is 7.24. The molecule has 1 aliphatic rings. The van der Waals surface area contributed by atoms with Gasteiger partial charge in [-0.15, -0.1) is 0 Å². The fourth-order valence-electron chi connectivity index (χ4n) is 2.32. The zero-order valence-corrected chi connectivity index (χ0v) is 12.7. The number of halogens is 1. The monoisotopic (exact) mass is 301 g/mol. The predicted octanol–water partition coefficient (Wildman–Crippen LogP) is 1.04. The zero-order chi connectivity index (χ0) is 15.1. The molecule has 1 saturated heterocycles. The Bertz CT molecular complexity index is 618. The number of nitrogens with zero attached hydrogens (tertiary/aromatic N) is 2. The Morgan fingerprint density at radius 3 is 2.60 bits per heavy atom. The van der Waals surface area contributed by atoms with Crippen molar-refractivity contribution < 1.29 is 12.8 Å². The normalized spacial score (nSPS) is 22.1. The van der Waals surface area contributed by atoms with E-state index in [2.05, 4.69) is 4.90 Å². The van der Waals surface area contributed by atoms with Crippen LogP contribution in [0.3, 0.4) is 0 Å². The standard InChI is InChI=1S/C13H20FN3O2S/c1-9-6-11(14)12(15)7-13(9)20(18,19)17-5-4-16(3)10(2)8-17/h6-7,10H,4-5,8,15H2,1-3H3. The summed E-state index contributed by atoms with van der Waals surface area (Å²) in [6, 6.07) is 2.53. The number of nitrogens with two attached hydrogens (primary N) is 1. The number of piperazine rings is 1. The summed E-state index contributed by atoms with van der Waals surface area (Å²) in [7, 11) is -1.66. The number of hydrogen-bond donors (Lipinski definition) is 1. The van der Waals surface area contributed by atoms with E-state index in [1.165, 1.54) is 16.4 Å². The number of hydrogen-bond acceptors (Lipinski definition) is 4. The van der Waals surface area contributed by atoms with E-state index in [0.29, 0.717) is 25.2 Å². The van der Waals surface area contributed by atoms with Crippen LogP contribution in [0.4, 0.5) is 10.1 Å². The molecule has 2 N–H and O–H groups in total. The van der Waals surface area contributed by atoms with Crippen molar-refractivity contribution in [3.63, 3.8) is 0 Å². The lowest BCUT2D eigenvalue weighted by atomic mass is 10.2. The Kier molecular flexibility index (Phi) is 4.04. The summed E-state index contributed by atoms with van der Waals surface area (Å²) in [4.78, 5) is 2.20. The number of rotatable bonds is 2. The molecule has 1 fully saturated rings. The first-order valence-electron chi connectivity index (χ1n) is 6.49. The fourth-order valence-corrected chi connectivity index (χ4v) is 4.07. The Labute approximate surface area is 119 Å². The molecule has 5 nitrogen and oxygen atoms in total. The molecule has 1 aromatic carbocycles. The van der Waals surface area contributed by atoms with Crippen molar-refractivity contribution in [2.24, 2.45) is 0 Å². The van der Waals surface area contributed by atoms with E-state index in [0.717, 1.165) is 0 Å². The highest BCUT2D eigenvalue weighted by Gasteiger charge is 2.32. The summed E-state index contributed by atoms with van der Waals surface area (Å²) in [6.45, 7) is 5.09. The van der Waals surface area contributed by atoms with E-state index < -0.39 is 15.8 Å². The van der Waals surface area contributed by atoms with E-state index >= 15 is 0 Å². The van der Waals surface area contributed by atoms with Crippen LogP contribution in [-0.2, 0) is 10.0 Å². The van der Waals surface area contributed by atoms with E-state index in [1.807, 2.05) is 14.0 Å². The number of aryl methyl sites for hydroxylation is 1. The van der Waals surface area contributed by atoms with Gasteiger partial charge in [0, 0.05) is 25.7 Å². The summed E-state index contributed by atoms with van der Waals surface area (Å²) >= 11 is 0. The molecule has 7 heteroatoms. The largest absolute Gasteiger partial charge is 0.396 e. The van der Waals surface area contributed by atoms with Crippen LogP contribution in [0.1, 0.15) is 12.5 Å². The topological polar surface area (TPSA) is 66.6 Å². The molecule has 1 aromatic rings. The lowest BCUT2D eigenvalue weighted by Crippen LogP contribution is -2.51. The third kappa shape index (κ3) is 2.65. The number of nitrogen functional groups attached to an aromatic ring is 1. The van der Waals surface area contributed by atoms with Crippen LogP contribution in [0, 0.1) is 12.7 Å². The molecule has 0 bridgehead atoms. The molecule has 1 unspecified atom stereocenters. The maximum atomic E-state index is 13.4. The van der Waals surface area contributed by atoms with Gasteiger partial charge < -0.3 is 10.6 Å². The molecular weight excluding hydrogens is 281 g/mol. The molecule has 1 aliphatic heterocycles. The molecule has 112 valence electrons. The van der Waals surface area contributed by atoms with E-state index in [9.17, 15) is 12.8 Å². The van der Waals surface area contributed by atoms with E-state index in [-0.39, 0.29) is 16.6 Å². The Morgan fingerprint density at radius 1 is 1.35 bits per heavy atom. The van der Waals surface area contributed by atoms with Crippen LogP contribution in [0.5, 0.6) is 0 Å². The van der Waals surface area contributed by atoms with Crippen LogP contribution in [0.2, 0.25) is 0 Å². The smallest absolute Gasteiger partial charge is 0.243 e. The van der Waals surface area contributed by atoms with Crippen molar-refractivity contribution in [1.82, 2.24) is 9.21 Å². The fraction of sp³-hybridized carbons (Fsp3) is 0.538. The van der Waals surface area contributed by atoms with Gasteiger partial charge in [-0.2, -0.15) is 4.31 Å². The van der Waals surface area contributed by atoms with Crippen molar-refractivity contribution in [3.05, 3.63) is 23.5 Å². The van der Waals surface area contributed by atoms with Crippen molar-refractivity contribution >= 4 is 15.7 Å². The third-order valence-electron chi connectivity index (χ3n) is 3.83. The van der Waals surface area contributed by atoms with Crippen LogP contribution in [0.15, 0.2) is 17.0 Å². The molecular formula is C13H20FN3O2S. The quantitative estimate of drug-likeness (QED) is 0.829. The Morgan fingerprint density at radius 2 is 2.00 bits per heavy atom. The van der Waals surface area contributed by atoms with Gasteiger partial charge >= 0.3 is 0 Å². The average Bonchev–Trinajstić information content (AvgIpc) is 2.36. The minimum absolute atomic E-state index is 0.0909. The van der Waals surface area contributed by atoms with Crippen molar-refractivity contribution in [3.8, 4) is 0 Å². The SMILES string of the molecule is Cc1cc(F)c(N)cc1S(=O)(=O)N1CCN(C)C(C)C1. The van der Waals surface area contributed by atoms with Crippen LogP contribution in [-0.4, -0.2) is 50.3 Å². The molecule has 0 aliphatic carbocycles. The van der Waals surface area contributed by atoms with Gasteiger partial charge in [-0.3, -0.25) is 0 Å². The lowest BCUT2D eigenvalue weighted by Gasteiger charge is -2.37. The Balaban J connectivity index is 2.38. The van der Waals surface area contributed by atoms with Crippen molar-refractivity contribution in [2.45, 2.75) is 24.8 Å². The zero-order valence-electron chi connectivity index (χ0n) is 11.9. The average molecular weight is 301 g/mol. The minimum atomic E-state index is -3.63. The second kappa shape index (κ2) is 5.31. The molecule has 2 rings (SSSR count). The summed E-state index contributed by atoms with van der Waals surface area (Å²) in [5.41, 5.74) is 5.73. The van der Waals surface area contributed by atoms with Gasteiger partial charge in [-0.1, -0.05) is 0 Å². The van der Waals surface area contributed by atoms with Crippen molar-refractivity contribution in [2.75, 3.05) is 32.4 Å². The van der Waals surface area contributed by atoms with Gasteiger partial charge in [-0.05, 0) is 38.6 Å². The van der Waals surface area contributed by atoms with Crippen LogP contribution >= 0.6 is 0 Å². The first kappa shape index (κ1) is 15.2. The van der Waals surface area contributed by atoms with Gasteiger partial charge in [0.1, 0.15) is 5.82 Å². The molecule has 0 amide bonds. The van der Waals surface area contributed by atoms with Gasteiger partial charge in [0.2, 0.25) is 10.0 Å². The minimum Gasteiger partial charge on any atom is -0.396 e. The maximum Gasteiger partial charge on any atom is 0.243 e. The van der Waals surface area contributed by atoms with Gasteiger partial charge in [-0.25, -0.2) is 12.8 Å². The van der Waals surface area contributed by atoms with Crippen molar-refractivity contribution in [1.29, 1.82) is 0 Å². The summed E-state index contributed by atoms with van der Waals surface area (Å²) in [5, 5.41) is 0. The second-order valence-electron chi connectivity index (χ2n) is 5.33. The van der Waals surface area contributed by atoms with Gasteiger partial charge in [0.15, 0.2) is 0 Å². The molecule has 1 atom stereocenters. The number of anilines is 1. The lowest BCUT2D eigenvalue weighted by molar-refractivity contribution is 0.159. The van der Waals surface area contributed by atoms with E-state index in [4.69, 9.17) is 5.73 Å². The van der Waals surface area contributed by atoms with Crippen LogP contribution in [0.25, 0.3) is 0 Å². The number of sulfonamides is 1. The summed E-state index contributed by atoms with van der Waals surface area (Å²) in [6.07, 6.45) is 0. The molecule has 0 aromatic heterocycles. The number of benzene rings is 1. The number of likely N-dealkylation sites (N-methyl/N-ethyl adjacent to an activating group) is 1. The summed E-state index contributed by atoms with van der Waals surface area (Å²) < 4.78 is 40.1. The first-order chi connectivity index (χ1) is 9.23. The molecule has 1 heterocycles. The Hall–Kier alpha value is -1.18. The molecule has 0 saturated carbocycles. The highest BCUT2D eigenvalue weighted by atomic mass is 32.2. The molecule has 20 heavy (non-hydrogen) atoms. The highest BCUT2D eigenvalue weighted by molar-refractivity contribution is 7.89. The van der Waals surface area contributed by atoms with Gasteiger partial charge in [0.25, 0.3) is 0 Å². The maximum absolute atomic E-state index is 13.4. The van der Waals surface area contributed by atoms with Gasteiger partial charge in [0.05, 0.1) is 10.6 Å². The predicted molar refractivity (Wildman–Crippen MR) is 76.4 cm³/mol. The van der Waals surface area contributed by atoms with Crippen LogP contribution < -0.4 is 5.73 Å².